The Labute approximate surface area is 106 Å². The number of para-hydroxylation sites is 2. The number of carboxylic acids is 1. The van der Waals surface area contributed by atoms with Crippen LogP contribution in [0.5, 0.6) is 0 Å². The summed E-state index contributed by atoms with van der Waals surface area (Å²) in [5.74, 6) is -0.968. The summed E-state index contributed by atoms with van der Waals surface area (Å²) in [6.45, 7) is -0.278. The molecule has 0 fully saturated rings. The van der Waals surface area contributed by atoms with E-state index in [9.17, 15) is 4.79 Å². The van der Waals surface area contributed by atoms with Crippen LogP contribution in [-0.4, -0.2) is 17.6 Å². The average Bonchev–Trinajstić information content (AvgIpc) is 2.42. The molecule has 0 heterocycles. The predicted octanol–water partition coefficient (Wildman–Crippen LogP) is 2.46. The van der Waals surface area contributed by atoms with Gasteiger partial charge in [0.1, 0.15) is 0 Å². The first kappa shape index (κ1) is 13.7. The smallest absolute Gasteiger partial charge is 0.317 e. The van der Waals surface area contributed by atoms with Crippen LogP contribution in [-0.2, 0) is 4.79 Å². The van der Waals surface area contributed by atoms with E-state index >= 15 is 0 Å². The second-order valence-electron chi connectivity index (χ2n) is 3.45. The van der Waals surface area contributed by atoms with Crippen molar-refractivity contribution in [2.45, 2.75) is 0 Å². The fourth-order valence-corrected chi connectivity index (χ4v) is 1.21. The molecule has 0 unspecified atom stereocenters. The van der Waals surface area contributed by atoms with Crippen molar-refractivity contribution < 1.29 is 9.90 Å². The van der Waals surface area contributed by atoms with Gasteiger partial charge < -0.3 is 16.2 Å². The fourth-order valence-electron chi connectivity index (χ4n) is 1.21. The van der Waals surface area contributed by atoms with Crippen LogP contribution in [0.4, 0.5) is 11.4 Å². The van der Waals surface area contributed by atoms with Gasteiger partial charge in [-0.15, -0.1) is 0 Å². The number of rotatable bonds is 3. The summed E-state index contributed by atoms with van der Waals surface area (Å²) in [6, 6.07) is 20.3. The lowest BCUT2D eigenvalue weighted by atomic mass is 10.3. The fraction of sp³-hybridized carbons (Fsp3) is 0.0714. The molecule has 2 rings (SSSR count). The number of nitrogens with one attached hydrogen (secondary N) is 1. The number of benzene rings is 2. The van der Waals surface area contributed by atoms with Crippen molar-refractivity contribution in [3.63, 3.8) is 0 Å². The SMILES string of the molecule is NCC(=O)O.c1ccc(Nc2ccccc2)cc1. The molecule has 0 aliphatic rings. The molecule has 18 heavy (non-hydrogen) atoms. The number of carboxylic acid groups (broad SMARTS) is 1. The van der Waals surface area contributed by atoms with Crippen LogP contribution in [0.25, 0.3) is 0 Å². The molecular formula is C14H16N2O2. The van der Waals surface area contributed by atoms with Crippen molar-refractivity contribution in [1.29, 1.82) is 0 Å². The molecule has 0 atom stereocenters. The van der Waals surface area contributed by atoms with E-state index in [2.05, 4.69) is 11.1 Å². The van der Waals surface area contributed by atoms with E-state index < -0.39 is 5.97 Å². The molecule has 4 N–H and O–H groups in total. The highest BCUT2D eigenvalue weighted by atomic mass is 16.4. The van der Waals surface area contributed by atoms with Gasteiger partial charge in [0, 0.05) is 11.4 Å². The highest BCUT2D eigenvalue weighted by Crippen LogP contribution is 2.14. The molecule has 0 spiro atoms. The van der Waals surface area contributed by atoms with Gasteiger partial charge in [-0.25, -0.2) is 0 Å². The summed E-state index contributed by atoms with van der Waals surface area (Å²) in [4.78, 5) is 9.24. The van der Waals surface area contributed by atoms with E-state index in [1.165, 1.54) is 0 Å². The molecule has 0 aliphatic carbocycles. The number of nitrogens with two attached hydrogens (primary N) is 1. The van der Waals surface area contributed by atoms with Crippen LogP contribution in [0.2, 0.25) is 0 Å². The maximum Gasteiger partial charge on any atom is 0.317 e. The topological polar surface area (TPSA) is 75.4 Å². The van der Waals surface area contributed by atoms with Crippen molar-refractivity contribution in [3.8, 4) is 0 Å². The molecular weight excluding hydrogens is 228 g/mol. The van der Waals surface area contributed by atoms with Crippen molar-refractivity contribution in [2.75, 3.05) is 11.9 Å². The number of hydrogen-bond acceptors (Lipinski definition) is 3. The Hall–Kier alpha value is -2.33. The van der Waals surface area contributed by atoms with E-state index in [-0.39, 0.29) is 6.54 Å². The first-order valence-electron chi connectivity index (χ1n) is 5.51. The third-order valence-electron chi connectivity index (χ3n) is 2.01. The van der Waals surface area contributed by atoms with Gasteiger partial charge in [-0.3, -0.25) is 4.79 Å². The number of carbonyl (C=O) groups is 1. The van der Waals surface area contributed by atoms with Crippen molar-refractivity contribution in [1.82, 2.24) is 0 Å². The van der Waals surface area contributed by atoms with E-state index in [1.807, 2.05) is 60.7 Å². The molecule has 0 amide bonds. The van der Waals surface area contributed by atoms with Crippen LogP contribution in [0.1, 0.15) is 0 Å². The minimum atomic E-state index is -0.968. The average molecular weight is 244 g/mol. The van der Waals surface area contributed by atoms with Gasteiger partial charge in [-0.2, -0.15) is 0 Å². The molecule has 2 aromatic carbocycles. The van der Waals surface area contributed by atoms with E-state index in [1.54, 1.807) is 0 Å². The van der Waals surface area contributed by atoms with Gasteiger partial charge in [0.2, 0.25) is 0 Å². The third-order valence-corrected chi connectivity index (χ3v) is 2.01. The summed E-state index contributed by atoms with van der Waals surface area (Å²) in [5.41, 5.74) is 6.81. The lowest BCUT2D eigenvalue weighted by Gasteiger charge is -2.04. The minimum Gasteiger partial charge on any atom is -0.480 e. The minimum absolute atomic E-state index is 0.278. The van der Waals surface area contributed by atoms with Gasteiger partial charge in [-0.1, -0.05) is 36.4 Å². The van der Waals surface area contributed by atoms with E-state index in [4.69, 9.17) is 5.11 Å². The van der Waals surface area contributed by atoms with Crippen LogP contribution in [0.15, 0.2) is 60.7 Å². The molecule has 0 bridgehead atoms. The van der Waals surface area contributed by atoms with Crippen LogP contribution < -0.4 is 11.1 Å². The number of anilines is 2. The summed E-state index contributed by atoms with van der Waals surface area (Å²) in [5, 5.41) is 10.9. The molecule has 0 radical (unpaired) electrons. The zero-order valence-electron chi connectivity index (χ0n) is 9.91. The largest absolute Gasteiger partial charge is 0.480 e. The van der Waals surface area contributed by atoms with Gasteiger partial charge in [0.25, 0.3) is 0 Å². The normalized spacial score (nSPS) is 8.94. The Morgan fingerprint density at radius 2 is 1.28 bits per heavy atom. The Morgan fingerprint density at radius 1 is 0.944 bits per heavy atom. The maximum absolute atomic E-state index is 9.24. The number of aliphatic carboxylic acids is 1. The third kappa shape index (κ3) is 5.67. The molecule has 4 heteroatoms. The Bertz CT molecular complexity index is 420. The Kier molecular flexibility index (Phi) is 6.00. The van der Waals surface area contributed by atoms with Crippen molar-refractivity contribution in [2.24, 2.45) is 5.73 Å². The summed E-state index contributed by atoms with van der Waals surface area (Å²) in [6.07, 6.45) is 0. The van der Waals surface area contributed by atoms with Crippen LogP contribution in [0.3, 0.4) is 0 Å². The number of hydrogen-bond donors (Lipinski definition) is 3. The molecule has 94 valence electrons. The quantitative estimate of drug-likeness (QED) is 0.775. The molecule has 0 aliphatic heterocycles. The van der Waals surface area contributed by atoms with Gasteiger partial charge >= 0.3 is 5.97 Å². The van der Waals surface area contributed by atoms with Crippen LogP contribution >= 0.6 is 0 Å². The lowest BCUT2D eigenvalue weighted by Crippen LogP contribution is -2.10. The molecule has 4 nitrogen and oxygen atoms in total. The highest BCUT2D eigenvalue weighted by Gasteiger charge is 1.89. The van der Waals surface area contributed by atoms with Crippen molar-refractivity contribution >= 4 is 17.3 Å². The standard InChI is InChI=1S/C12H11N.C2H5NO2/c1-3-7-11(8-4-1)13-12-9-5-2-6-10-12;3-1-2(4)5/h1-10,13H;1,3H2,(H,4,5). The lowest BCUT2D eigenvalue weighted by molar-refractivity contribution is -0.135. The highest BCUT2D eigenvalue weighted by molar-refractivity contribution is 5.68. The first-order chi connectivity index (χ1) is 8.72. The summed E-state index contributed by atoms with van der Waals surface area (Å²) < 4.78 is 0. The predicted molar refractivity (Wildman–Crippen MR) is 72.9 cm³/mol. The van der Waals surface area contributed by atoms with E-state index in [0.717, 1.165) is 11.4 Å². The Balaban J connectivity index is 0.000000280. The molecule has 0 saturated carbocycles. The van der Waals surface area contributed by atoms with Gasteiger partial charge in [0.05, 0.1) is 6.54 Å². The molecule has 0 saturated heterocycles. The first-order valence-corrected chi connectivity index (χ1v) is 5.51. The van der Waals surface area contributed by atoms with Gasteiger partial charge in [-0.05, 0) is 24.3 Å². The Morgan fingerprint density at radius 3 is 1.56 bits per heavy atom. The maximum atomic E-state index is 9.24. The summed E-state index contributed by atoms with van der Waals surface area (Å²) in [7, 11) is 0. The second kappa shape index (κ2) is 7.86. The zero-order chi connectivity index (χ0) is 13.2. The second-order valence-corrected chi connectivity index (χ2v) is 3.45. The van der Waals surface area contributed by atoms with E-state index in [0.29, 0.717) is 0 Å². The molecule has 0 aromatic heterocycles. The van der Waals surface area contributed by atoms with Crippen molar-refractivity contribution in [3.05, 3.63) is 60.7 Å². The monoisotopic (exact) mass is 244 g/mol. The van der Waals surface area contributed by atoms with Gasteiger partial charge in [0.15, 0.2) is 0 Å². The zero-order valence-corrected chi connectivity index (χ0v) is 9.91. The van der Waals surface area contributed by atoms with Crippen LogP contribution in [0, 0.1) is 0 Å². The summed E-state index contributed by atoms with van der Waals surface area (Å²) >= 11 is 0. The molecule has 2 aromatic rings.